The van der Waals surface area contributed by atoms with Gasteiger partial charge in [0.15, 0.2) is 5.69 Å². The van der Waals surface area contributed by atoms with Crippen LogP contribution in [0.1, 0.15) is 29.0 Å². The zero-order valence-corrected chi connectivity index (χ0v) is 19.9. The van der Waals surface area contributed by atoms with Crippen molar-refractivity contribution in [2.45, 2.75) is 13.0 Å². The van der Waals surface area contributed by atoms with Crippen LogP contribution < -0.4 is 20.9 Å². The van der Waals surface area contributed by atoms with Crippen molar-refractivity contribution in [1.82, 2.24) is 20.4 Å². The monoisotopic (exact) mass is 492 g/mol. The molecule has 1 unspecified atom stereocenters. The molecule has 2 aromatic carbocycles. The Kier molecular flexibility index (Phi) is 7.00. The molecule has 4 rings (SSSR count). The topological polar surface area (TPSA) is 138 Å². The van der Waals surface area contributed by atoms with Crippen LogP contribution in [0, 0.1) is 0 Å². The number of hydrogen-bond donors (Lipinski definition) is 2. The van der Waals surface area contributed by atoms with E-state index in [4.69, 9.17) is 14.2 Å². The first kappa shape index (κ1) is 24.5. The molecule has 1 aliphatic heterocycles. The van der Waals surface area contributed by atoms with E-state index >= 15 is 0 Å². The van der Waals surface area contributed by atoms with Gasteiger partial charge in [-0.25, -0.2) is 19.1 Å². The number of urea groups is 1. The van der Waals surface area contributed by atoms with Crippen LogP contribution in [0.5, 0.6) is 5.75 Å². The maximum Gasteiger partial charge on any atom is 0.359 e. The van der Waals surface area contributed by atoms with Gasteiger partial charge in [0.1, 0.15) is 12.4 Å². The van der Waals surface area contributed by atoms with Gasteiger partial charge < -0.3 is 24.8 Å². The molecule has 1 aromatic heterocycles. The standard InChI is InChI=1S/C25H24N4O7/c1-4-35-23(31)19-18(26-25(33)27-20(19)14-9-11-15(34-3)12-10-14)13-36-24(32)21-16-7-5-6-8-17(16)22(30)29(2)28-21/h5-12,20H,4,13H2,1-3H3,(H2,26,27,33). The summed E-state index contributed by atoms with van der Waals surface area (Å²) in [5, 5.41) is 9.94. The van der Waals surface area contributed by atoms with Crippen LogP contribution in [0.25, 0.3) is 10.8 Å². The first-order valence-corrected chi connectivity index (χ1v) is 11.1. The van der Waals surface area contributed by atoms with E-state index in [9.17, 15) is 19.2 Å². The third-order valence-corrected chi connectivity index (χ3v) is 5.60. The first-order valence-electron chi connectivity index (χ1n) is 11.1. The zero-order chi connectivity index (χ0) is 25.8. The molecule has 3 aromatic rings. The minimum Gasteiger partial charge on any atom is -0.497 e. The van der Waals surface area contributed by atoms with E-state index in [0.717, 1.165) is 4.68 Å². The molecule has 36 heavy (non-hydrogen) atoms. The third kappa shape index (κ3) is 4.76. The molecule has 1 aliphatic rings. The van der Waals surface area contributed by atoms with Gasteiger partial charge in [0, 0.05) is 12.4 Å². The summed E-state index contributed by atoms with van der Waals surface area (Å²) in [5.74, 6) is -0.902. The van der Waals surface area contributed by atoms with Crippen LogP contribution in [-0.2, 0) is 21.3 Å². The number of nitrogens with zero attached hydrogens (tertiary/aromatic N) is 2. The number of amides is 2. The molecule has 0 bridgehead atoms. The highest BCUT2D eigenvalue weighted by Crippen LogP contribution is 2.29. The number of hydrogen-bond acceptors (Lipinski definition) is 8. The summed E-state index contributed by atoms with van der Waals surface area (Å²) in [5.41, 5.74) is 0.330. The highest BCUT2D eigenvalue weighted by atomic mass is 16.5. The summed E-state index contributed by atoms with van der Waals surface area (Å²) in [6, 6.07) is 11.9. The number of rotatable bonds is 7. The lowest BCUT2D eigenvalue weighted by atomic mass is 9.95. The van der Waals surface area contributed by atoms with Crippen molar-refractivity contribution >= 4 is 28.7 Å². The van der Waals surface area contributed by atoms with E-state index in [0.29, 0.717) is 22.1 Å². The number of carbonyl (C=O) groups is 3. The first-order chi connectivity index (χ1) is 17.3. The molecule has 0 spiro atoms. The normalized spacial score (nSPS) is 15.2. The predicted octanol–water partition coefficient (Wildman–Crippen LogP) is 1.97. The maximum atomic E-state index is 13.0. The van der Waals surface area contributed by atoms with E-state index in [1.54, 1.807) is 55.5 Å². The number of ether oxygens (including phenoxy) is 3. The Labute approximate surface area is 205 Å². The van der Waals surface area contributed by atoms with Gasteiger partial charge in [-0.2, -0.15) is 5.10 Å². The molecule has 2 amide bonds. The lowest BCUT2D eigenvalue weighted by Gasteiger charge is -2.29. The second kappa shape index (κ2) is 10.3. The van der Waals surface area contributed by atoms with Crippen LogP contribution in [0.4, 0.5) is 4.79 Å². The van der Waals surface area contributed by atoms with Crippen LogP contribution in [0.15, 0.2) is 64.6 Å². The van der Waals surface area contributed by atoms with Gasteiger partial charge in [-0.1, -0.05) is 30.3 Å². The van der Waals surface area contributed by atoms with Crippen molar-refractivity contribution in [3.63, 3.8) is 0 Å². The number of esters is 2. The predicted molar refractivity (Wildman–Crippen MR) is 128 cm³/mol. The Morgan fingerprint density at radius 3 is 2.36 bits per heavy atom. The third-order valence-electron chi connectivity index (χ3n) is 5.60. The second-order valence-electron chi connectivity index (χ2n) is 7.82. The fraction of sp³-hybridized carbons (Fsp3) is 0.240. The molecule has 0 fully saturated rings. The Morgan fingerprint density at radius 1 is 1.00 bits per heavy atom. The maximum absolute atomic E-state index is 13.0. The molecule has 11 heteroatoms. The summed E-state index contributed by atoms with van der Waals surface area (Å²) in [7, 11) is 2.96. The van der Waals surface area contributed by atoms with Gasteiger partial charge in [-0.15, -0.1) is 0 Å². The van der Waals surface area contributed by atoms with Crippen LogP contribution in [-0.4, -0.2) is 48.1 Å². The summed E-state index contributed by atoms with van der Waals surface area (Å²) >= 11 is 0. The van der Waals surface area contributed by atoms with E-state index < -0.39 is 30.6 Å². The Bertz CT molecular complexity index is 1430. The van der Waals surface area contributed by atoms with Crippen molar-refractivity contribution in [2.24, 2.45) is 7.05 Å². The van der Waals surface area contributed by atoms with Gasteiger partial charge in [-0.3, -0.25) is 4.79 Å². The number of aromatic nitrogens is 2. The summed E-state index contributed by atoms with van der Waals surface area (Å²) in [6.45, 7) is 1.32. The number of aryl methyl sites for hydroxylation is 1. The van der Waals surface area contributed by atoms with E-state index in [1.165, 1.54) is 14.2 Å². The molecule has 0 saturated carbocycles. The second-order valence-corrected chi connectivity index (χ2v) is 7.82. The average molecular weight is 492 g/mol. The lowest BCUT2D eigenvalue weighted by Crippen LogP contribution is -2.47. The molecule has 0 aliphatic carbocycles. The van der Waals surface area contributed by atoms with E-state index in [1.807, 2.05) is 0 Å². The molecule has 0 radical (unpaired) electrons. The van der Waals surface area contributed by atoms with Crippen molar-refractivity contribution < 1.29 is 28.6 Å². The Balaban J connectivity index is 1.69. The molecule has 186 valence electrons. The largest absolute Gasteiger partial charge is 0.497 e. The number of methoxy groups -OCH3 is 1. The highest BCUT2D eigenvalue weighted by Gasteiger charge is 2.34. The molecule has 0 saturated heterocycles. The van der Waals surface area contributed by atoms with Crippen molar-refractivity contribution in [2.75, 3.05) is 20.3 Å². The zero-order valence-electron chi connectivity index (χ0n) is 19.9. The highest BCUT2D eigenvalue weighted by molar-refractivity contribution is 6.02. The SMILES string of the molecule is CCOC(=O)C1=C(COC(=O)c2nn(C)c(=O)c3ccccc23)NC(=O)NC1c1ccc(OC)cc1. The molecule has 1 atom stereocenters. The summed E-state index contributed by atoms with van der Waals surface area (Å²) < 4.78 is 16.9. The van der Waals surface area contributed by atoms with Gasteiger partial charge in [0.2, 0.25) is 0 Å². The van der Waals surface area contributed by atoms with Crippen molar-refractivity contribution in [3.8, 4) is 5.75 Å². The Hall–Kier alpha value is -4.67. The fourth-order valence-corrected chi connectivity index (χ4v) is 3.88. The number of carbonyl (C=O) groups excluding carboxylic acids is 3. The molecule has 2 N–H and O–H groups in total. The van der Waals surface area contributed by atoms with Crippen molar-refractivity contribution in [3.05, 3.63) is 81.4 Å². The van der Waals surface area contributed by atoms with Crippen LogP contribution >= 0.6 is 0 Å². The van der Waals surface area contributed by atoms with E-state index in [2.05, 4.69) is 15.7 Å². The summed E-state index contributed by atoms with van der Waals surface area (Å²) in [4.78, 5) is 50.7. The van der Waals surface area contributed by atoms with E-state index in [-0.39, 0.29) is 29.1 Å². The number of benzene rings is 2. The van der Waals surface area contributed by atoms with Gasteiger partial charge in [0.25, 0.3) is 5.56 Å². The number of fused-ring (bicyclic) bond motifs is 1. The minimum absolute atomic E-state index is 0.0699. The van der Waals surface area contributed by atoms with Gasteiger partial charge >= 0.3 is 18.0 Å². The number of nitrogens with one attached hydrogen (secondary N) is 2. The lowest BCUT2D eigenvalue weighted by molar-refractivity contribution is -0.139. The van der Waals surface area contributed by atoms with Crippen molar-refractivity contribution in [1.29, 1.82) is 0 Å². The average Bonchev–Trinajstić information content (AvgIpc) is 2.89. The fourth-order valence-electron chi connectivity index (χ4n) is 3.88. The molecular formula is C25H24N4O7. The summed E-state index contributed by atoms with van der Waals surface area (Å²) in [6.07, 6.45) is 0. The van der Waals surface area contributed by atoms with Crippen LogP contribution in [0.3, 0.4) is 0 Å². The minimum atomic E-state index is -0.853. The smallest absolute Gasteiger partial charge is 0.359 e. The molecular weight excluding hydrogens is 468 g/mol. The quantitative estimate of drug-likeness (QED) is 0.478. The Morgan fingerprint density at radius 2 is 1.69 bits per heavy atom. The van der Waals surface area contributed by atoms with Gasteiger partial charge in [0.05, 0.1) is 36.4 Å². The molecule has 11 nitrogen and oxygen atoms in total. The van der Waals surface area contributed by atoms with Gasteiger partial charge in [-0.05, 0) is 30.7 Å². The molecule has 2 heterocycles. The van der Waals surface area contributed by atoms with Crippen LogP contribution in [0.2, 0.25) is 0 Å².